The number of halogens is 2. The molecule has 1 aromatic carbocycles. The zero-order valence-corrected chi connectivity index (χ0v) is 45.9. The summed E-state index contributed by atoms with van der Waals surface area (Å²) in [5.41, 5.74) is 9.04. The first kappa shape index (κ1) is 66.8. The summed E-state index contributed by atoms with van der Waals surface area (Å²) in [4.78, 5) is 108. The second-order valence-corrected chi connectivity index (χ2v) is 16.4. The molecular formula is C45H54B3Cl2N17O11. The van der Waals surface area contributed by atoms with Gasteiger partial charge in [0.05, 0.1) is 20.3 Å². The van der Waals surface area contributed by atoms with Gasteiger partial charge in [-0.05, 0) is 43.5 Å². The average Bonchev–Trinajstić information content (AvgIpc) is 4.17. The monoisotopic (exact) mass is 1110 g/mol. The first-order valence-corrected chi connectivity index (χ1v) is 22.6. The summed E-state index contributed by atoms with van der Waals surface area (Å²) >= 11 is 11.3. The van der Waals surface area contributed by atoms with Crippen molar-refractivity contribution in [3.05, 3.63) is 106 Å². The van der Waals surface area contributed by atoms with Crippen molar-refractivity contribution in [3.63, 3.8) is 0 Å². The van der Waals surface area contributed by atoms with Crippen LogP contribution in [-0.2, 0) is 51.3 Å². The number of ether oxygens (including phenoxy) is 2. The molecule has 5 aromatic heterocycles. The number of nitrogens with zero attached hydrogens (tertiary/aromatic N) is 12. The minimum atomic E-state index is -1.17. The summed E-state index contributed by atoms with van der Waals surface area (Å²) in [6.07, 6.45) is 7.22. The molecule has 408 valence electrons. The highest BCUT2D eigenvalue weighted by Crippen LogP contribution is 2.17. The normalized spacial score (nSPS) is 9.60. The van der Waals surface area contributed by atoms with Gasteiger partial charge in [0.2, 0.25) is 46.8 Å². The molecule has 0 saturated heterocycles. The van der Waals surface area contributed by atoms with Crippen LogP contribution in [0.25, 0.3) is 0 Å². The number of aryl methyl sites for hydroxylation is 6. The summed E-state index contributed by atoms with van der Waals surface area (Å²) in [6, 6.07) is 10.3. The molecule has 0 unspecified atom stereocenters. The van der Waals surface area contributed by atoms with Gasteiger partial charge in [-0.3, -0.25) is 24.0 Å². The lowest BCUT2D eigenvalue weighted by Crippen LogP contribution is -2.17. The van der Waals surface area contributed by atoms with Crippen LogP contribution in [-0.4, -0.2) is 149 Å². The molecule has 0 atom stereocenters. The number of rotatable bonds is 12. The summed E-state index contributed by atoms with van der Waals surface area (Å²) in [5, 5.41) is 25.2. The Bertz CT molecular complexity index is 3080. The lowest BCUT2D eigenvalue weighted by atomic mass is 10.1. The number of carboxylic acid groups (broad SMARTS) is 1. The smallest absolute Gasteiger partial charge is 0.374 e. The van der Waals surface area contributed by atoms with Gasteiger partial charge in [-0.2, -0.15) is 5.26 Å². The molecule has 6 aromatic rings. The number of amides is 4. The molecule has 0 aliphatic rings. The fourth-order valence-electron chi connectivity index (χ4n) is 5.72. The van der Waals surface area contributed by atoms with E-state index in [4.69, 9.17) is 62.8 Å². The van der Waals surface area contributed by atoms with E-state index in [-0.39, 0.29) is 52.4 Å². The summed E-state index contributed by atoms with van der Waals surface area (Å²) < 4.78 is 16.0. The Morgan fingerprint density at radius 3 is 1.33 bits per heavy atom. The molecular weight excluding hydrogens is 1060 g/mol. The van der Waals surface area contributed by atoms with E-state index in [1.54, 1.807) is 40.5 Å². The highest BCUT2D eigenvalue weighted by molar-refractivity contribution is 6.67. The minimum absolute atomic E-state index is 0.0269. The number of carbonyl (C=O) groups is 8. The molecule has 6 rings (SSSR count). The van der Waals surface area contributed by atoms with Gasteiger partial charge in [-0.15, -0.1) is 0 Å². The highest BCUT2D eigenvalue weighted by Gasteiger charge is 2.20. The Balaban J connectivity index is 0.000000493. The number of nitrogens with one attached hydrogen (secondary N) is 4. The van der Waals surface area contributed by atoms with Crippen LogP contribution in [0.4, 0.5) is 43.5 Å². The minimum Gasteiger partial charge on any atom is -0.475 e. The molecule has 0 aliphatic heterocycles. The molecule has 4 amide bonds. The van der Waals surface area contributed by atoms with Crippen LogP contribution in [0.5, 0.6) is 0 Å². The number of benzene rings is 1. The molecule has 33 heteroatoms. The van der Waals surface area contributed by atoms with E-state index in [0.29, 0.717) is 5.82 Å². The van der Waals surface area contributed by atoms with Crippen molar-refractivity contribution in [1.82, 2.24) is 52.7 Å². The van der Waals surface area contributed by atoms with Crippen LogP contribution in [0, 0.1) is 18.3 Å². The second-order valence-electron chi connectivity index (χ2n) is 15.7. The number of nitrogen functional groups attached to an aromatic ring is 1. The number of nitrogens with two attached hydrogens (primary N) is 1. The first-order chi connectivity index (χ1) is 36.4. The number of allylic oxidation sites excluding steroid dienone is 1. The molecule has 0 fully saturated rings. The maximum atomic E-state index is 12.2. The third kappa shape index (κ3) is 22.8. The molecule has 0 spiro atoms. The van der Waals surface area contributed by atoms with Crippen molar-refractivity contribution < 1.29 is 52.9 Å². The third-order valence-electron chi connectivity index (χ3n) is 8.99. The number of carbonyl (C=O) groups excluding carboxylic acids is 7. The quantitative estimate of drug-likeness (QED) is 0.0427. The Kier molecular flexibility index (Phi) is 27.7. The van der Waals surface area contributed by atoms with Crippen molar-refractivity contribution in [2.24, 2.45) is 35.2 Å². The zero-order chi connectivity index (χ0) is 59.7. The number of esters is 2. The fourth-order valence-corrected chi connectivity index (χ4v) is 5.95. The zero-order valence-electron chi connectivity index (χ0n) is 44.4. The van der Waals surface area contributed by atoms with Crippen LogP contribution in [0.15, 0.2) is 66.0 Å². The number of hydrogen-bond donors (Lipinski definition) is 6. The van der Waals surface area contributed by atoms with Gasteiger partial charge < -0.3 is 69.3 Å². The molecule has 28 nitrogen and oxygen atoms in total. The lowest BCUT2D eigenvalue weighted by Gasteiger charge is -2.19. The SMILES string of the molecule is CC#N.CC(C)=C(Cl)N(C)Cc1ccc(C)cc1.COC(=O)c1nc(N)cn1C.[B]C(=O)Nc1cn(C)c(C(=O)Cl)n1.[B]C(=O)Nc1cn(C)c(C(=O)Nc2cn(C)c(C(=O)OC)n2)n1.[B]C(=O)Nc1cn(C)c(C(=O)O)n1. The summed E-state index contributed by atoms with van der Waals surface area (Å²) in [5.74, 6) is -4.08. The maximum Gasteiger partial charge on any atom is 0.374 e. The predicted molar refractivity (Wildman–Crippen MR) is 291 cm³/mol. The highest BCUT2D eigenvalue weighted by atomic mass is 35.5. The number of carboxylic acids is 1. The fraction of sp³-hybridized carbons (Fsp3) is 0.289. The molecule has 0 saturated carbocycles. The third-order valence-corrected chi connectivity index (χ3v) is 9.83. The van der Waals surface area contributed by atoms with E-state index in [1.165, 1.54) is 86.9 Å². The van der Waals surface area contributed by atoms with Crippen molar-refractivity contribution in [3.8, 4) is 6.07 Å². The molecule has 7 N–H and O–H groups in total. The van der Waals surface area contributed by atoms with E-state index < -0.39 is 46.5 Å². The molecule has 5 heterocycles. The number of methoxy groups -OCH3 is 2. The molecule has 0 aliphatic carbocycles. The standard InChI is InChI=1S/C13H18ClN.C12H13BN6O4.C6H5BClN3O2.C6H6BN3O3.C6H9N3O2.C2H3N/c1-10(2)13(14)15(4)9-12-7-5-11(3)6-8-12;1-18-5-7(17-12(13)22)14-8(18)10(20)16-6-4-19(2)9(15-6)11(21)23-3;1-11-2-3(10-6(7)13)9-5(11)4(8)12;1-10-2-3(9-6(7)13)8-4(10)5(11)12;1-9-3-4(7)8-5(9)6(10)11-2;1-2-3/h5-8H,9H2,1-4H3;4-5H,1-3H3,(H,16,20)(H,17,22);2H,1H3,(H,10,13);2H,1H3,(H,9,13)(H,11,12);3H,7H2,1-2H3;1H3. The largest absolute Gasteiger partial charge is 0.475 e. The van der Waals surface area contributed by atoms with Crippen LogP contribution in [0.1, 0.15) is 85.0 Å². The lowest BCUT2D eigenvalue weighted by molar-refractivity contribution is 0.0574. The van der Waals surface area contributed by atoms with Gasteiger partial charge in [0, 0.05) is 86.7 Å². The second kappa shape index (κ2) is 32.3. The Hall–Kier alpha value is -9.17. The number of anilines is 5. The average molecular weight is 1110 g/mol. The number of nitriles is 1. The van der Waals surface area contributed by atoms with Crippen LogP contribution in [0.3, 0.4) is 0 Å². The van der Waals surface area contributed by atoms with Gasteiger partial charge in [0.15, 0.2) is 46.5 Å². The molecule has 0 bridgehead atoms. The number of hydrogen-bond acceptors (Lipinski definition) is 18. The van der Waals surface area contributed by atoms with Gasteiger partial charge in [0.25, 0.3) is 11.1 Å². The van der Waals surface area contributed by atoms with Crippen molar-refractivity contribution in [2.45, 2.75) is 34.2 Å². The number of imidazole rings is 5. The number of aromatic nitrogens is 10. The molecule has 6 radical (unpaired) electrons. The van der Waals surface area contributed by atoms with E-state index in [1.807, 2.05) is 20.9 Å². The van der Waals surface area contributed by atoms with Crippen molar-refractivity contribution >= 4 is 122 Å². The number of aromatic carboxylic acids is 1. The molecule has 78 heavy (non-hydrogen) atoms. The maximum absolute atomic E-state index is 12.2. The summed E-state index contributed by atoms with van der Waals surface area (Å²) in [6.45, 7) is 8.42. The van der Waals surface area contributed by atoms with Crippen LogP contribution < -0.4 is 27.0 Å². The predicted octanol–water partition coefficient (Wildman–Crippen LogP) is 4.45. The topological polar surface area (TPSA) is 366 Å². The van der Waals surface area contributed by atoms with Crippen molar-refractivity contribution in [2.75, 3.05) is 48.3 Å². The van der Waals surface area contributed by atoms with Crippen LogP contribution in [0.2, 0.25) is 0 Å². The van der Waals surface area contributed by atoms with E-state index in [0.717, 1.165) is 17.3 Å². The van der Waals surface area contributed by atoms with E-state index in [9.17, 15) is 38.4 Å². The van der Waals surface area contributed by atoms with Gasteiger partial charge in [0.1, 0.15) is 11.0 Å². The van der Waals surface area contributed by atoms with E-state index in [2.05, 4.69) is 91.7 Å². The van der Waals surface area contributed by atoms with Crippen LogP contribution >= 0.6 is 23.2 Å². The van der Waals surface area contributed by atoms with E-state index >= 15 is 0 Å². The van der Waals surface area contributed by atoms with Crippen molar-refractivity contribution in [1.29, 1.82) is 5.26 Å². The van der Waals surface area contributed by atoms with Gasteiger partial charge in [-0.1, -0.05) is 41.4 Å². The van der Waals surface area contributed by atoms with Gasteiger partial charge in [-0.25, -0.2) is 39.3 Å². The first-order valence-electron chi connectivity index (χ1n) is 21.8. The van der Waals surface area contributed by atoms with Gasteiger partial charge >= 0.3 is 17.9 Å². The Labute approximate surface area is 461 Å². The Morgan fingerprint density at radius 1 is 0.641 bits per heavy atom. The summed E-state index contributed by atoms with van der Waals surface area (Å²) in [7, 11) is 27.1. The Morgan fingerprint density at radius 2 is 0.987 bits per heavy atom.